The number of amides is 2. The summed E-state index contributed by atoms with van der Waals surface area (Å²) in [7, 11) is 1.60. The SMILES string of the molecule is COc1ccc(-c2cc(C(=O)NNC(=O)c3cc(C)ccc3C)[nH]n2)cc1. The van der Waals surface area contributed by atoms with Crippen LogP contribution in [0.2, 0.25) is 0 Å². The van der Waals surface area contributed by atoms with Crippen molar-refractivity contribution in [3.05, 3.63) is 70.9 Å². The highest BCUT2D eigenvalue weighted by Crippen LogP contribution is 2.21. The van der Waals surface area contributed by atoms with Gasteiger partial charge in [0.05, 0.1) is 12.8 Å². The number of methoxy groups -OCH3 is 1. The van der Waals surface area contributed by atoms with Crippen molar-refractivity contribution in [1.29, 1.82) is 0 Å². The van der Waals surface area contributed by atoms with Gasteiger partial charge < -0.3 is 4.74 Å². The van der Waals surface area contributed by atoms with E-state index < -0.39 is 5.91 Å². The molecule has 27 heavy (non-hydrogen) atoms. The number of ether oxygens (including phenoxy) is 1. The zero-order chi connectivity index (χ0) is 19.4. The van der Waals surface area contributed by atoms with Crippen molar-refractivity contribution in [2.75, 3.05) is 7.11 Å². The van der Waals surface area contributed by atoms with Gasteiger partial charge in [-0.1, -0.05) is 17.7 Å². The maximum atomic E-state index is 12.3. The number of hydrogen-bond donors (Lipinski definition) is 3. The van der Waals surface area contributed by atoms with Gasteiger partial charge in [-0.05, 0) is 55.8 Å². The van der Waals surface area contributed by atoms with Gasteiger partial charge in [0.25, 0.3) is 11.8 Å². The summed E-state index contributed by atoms with van der Waals surface area (Å²) in [6, 6.07) is 14.5. The average Bonchev–Trinajstić information content (AvgIpc) is 3.18. The highest BCUT2D eigenvalue weighted by Gasteiger charge is 2.14. The summed E-state index contributed by atoms with van der Waals surface area (Å²) in [6.07, 6.45) is 0. The van der Waals surface area contributed by atoms with Crippen LogP contribution in [0.15, 0.2) is 48.5 Å². The topological polar surface area (TPSA) is 96.1 Å². The third-order valence-corrected chi connectivity index (χ3v) is 4.14. The third-order valence-electron chi connectivity index (χ3n) is 4.14. The fraction of sp³-hybridized carbons (Fsp3) is 0.150. The van der Waals surface area contributed by atoms with E-state index in [-0.39, 0.29) is 11.6 Å². The molecule has 0 aliphatic heterocycles. The minimum atomic E-state index is -0.485. The number of hydrazine groups is 1. The lowest BCUT2D eigenvalue weighted by atomic mass is 10.1. The first-order chi connectivity index (χ1) is 13.0. The lowest BCUT2D eigenvalue weighted by Gasteiger charge is -2.09. The molecule has 0 fully saturated rings. The van der Waals surface area contributed by atoms with Crippen LogP contribution in [-0.4, -0.2) is 29.1 Å². The van der Waals surface area contributed by atoms with Crippen LogP contribution in [0, 0.1) is 13.8 Å². The zero-order valence-corrected chi connectivity index (χ0v) is 15.3. The Hall–Kier alpha value is -3.61. The van der Waals surface area contributed by atoms with Crippen LogP contribution in [0.25, 0.3) is 11.3 Å². The van der Waals surface area contributed by atoms with Gasteiger partial charge in [-0.15, -0.1) is 0 Å². The van der Waals surface area contributed by atoms with E-state index in [9.17, 15) is 9.59 Å². The summed E-state index contributed by atoms with van der Waals surface area (Å²) in [4.78, 5) is 24.5. The lowest BCUT2D eigenvalue weighted by molar-refractivity contribution is 0.0843. The Bertz CT molecular complexity index is 977. The van der Waals surface area contributed by atoms with Crippen LogP contribution >= 0.6 is 0 Å². The fourth-order valence-corrected chi connectivity index (χ4v) is 2.58. The van der Waals surface area contributed by atoms with E-state index in [2.05, 4.69) is 21.0 Å². The number of nitrogens with one attached hydrogen (secondary N) is 3. The summed E-state index contributed by atoms with van der Waals surface area (Å²) < 4.78 is 5.12. The first-order valence-electron chi connectivity index (χ1n) is 8.35. The highest BCUT2D eigenvalue weighted by atomic mass is 16.5. The largest absolute Gasteiger partial charge is 0.497 e. The number of carbonyl (C=O) groups excluding carboxylic acids is 2. The molecule has 1 heterocycles. The smallest absolute Gasteiger partial charge is 0.287 e. The Morgan fingerprint density at radius 3 is 2.37 bits per heavy atom. The number of rotatable bonds is 4. The second-order valence-corrected chi connectivity index (χ2v) is 6.12. The van der Waals surface area contributed by atoms with Crippen molar-refractivity contribution in [2.45, 2.75) is 13.8 Å². The summed E-state index contributed by atoms with van der Waals surface area (Å²) in [5, 5.41) is 6.81. The Morgan fingerprint density at radius 1 is 0.963 bits per heavy atom. The number of H-pyrrole nitrogens is 1. The maximum Gasteiger partial charge on any atom is 0.287 e. The maximum absolute atomic E-state index is 12.3. The lowest BCUT2D eigenvalue weighted by Crippen LogP contribution is -2.42. The van der Waals surface area contributed by atoms with Gasteiger partial charge in [0, 0.05) is 11.1 Å². The van der Waals surface area contributed by atoms with Crippen molar-refractivity contribution in [2.24, 2.45) is 0 Å². The molecule has 7 heteroatoms. The molecule has 2 aromatic carbocycles. The van der Waals surface area contributed by atoms with E-state index in [0.717, 1.165) is 22.4 Å². The minimum absolute atomic E-state index is 0.238. The van der Waals surface area contributed by atoms with Gasteiger partial charge in [-0.3, -0.25) is 25.5 Å². The Kier molecular flexibility index (Phi) is 5.21. The molecule has 1 aromatic heterocycles. The van der Waals surface area contributed by atoms with Crippen LogP contribution in [-0.2, 0) is 0 Å². The van der Waals surface area contributed by atoms with Gasteiger partial charge >= 0.3 is 0 Å². The van der Waals surface area contributed by atoms with E-state index in [1.165, 1.54) is 0 Å². The minimum Gasteiger partial charge on any atom is -0.497 e. The first-order valence-corrected chi connectivity index (χ1v) is 8.35. The molecule has 0 spiro atoms. The highest BCUT2D eigenvalue weighted by molar-refractivity contribution is 5.99. The molecule has 0 unspecified atom stereocenters. The average molecular weight is 364 g/mol. The molecule has 138 valence electrons. The molecule has 0 saturated carbocycles. The van der Waals surface area contributed by atoms with Crippen molar-refractivity contribution in [3.63, 3.8) is 0 Å². The molecule has 0 saturated heterocycles. The van der Waals surface area contributed by atoms with Crippen molar-refractivity contribution in [3.8, 4) is 17.0 Å². The number of hydrogen-bond acceptors (Lipinski definition) is 4. The quantitative estimate of drug-likeness (QED) is 0.620. The number of aromatic nitrogens is 2. The zero-order valence-electron chi connectivity index (χ0n) is 15.3. The summed E-state index contributed by atoms with van der Waals surface area (Å²) in [6.45, 7) is 3.74. The van der Waals surface area contributed by atoms with Gasteiger partial charge in [0.2, 0.25) is 0 Å². The first kappa shape index (κ1) is 18.2. The molecule has 0 atom stereocenters. The predicted octanol–water partition coefficient (Wildman–Crippen LogP) is 2.78. The molecular formula is C20H20N4O3. The predicted molar refractivity (Wildman–Crippen MR) is 101 cm³/mol. The monoisotopic (exact) mass is 364 g/mol. The van der Waals surface area contributed by atoms with Crippen LogP contribution in [0.3, 0.4) is 0 Å². The summed E-state index contributed by atoms with van der Waals surface area (Å²) in [5.41, 5.74) is 8.82. The van der Waals surface area contributed by atoms with Crippen molar-refractivity contribution < 1.29 is 14.3 Å². The van der Waals surface area contributed by atoms with Gasteiger partial charge in [0.15, 0.2) is 0 Å². The molecule has 0 aliphatic carbocycles. The van der Waals surface area contributed by atoms with Crippen molar-refractivity contribution >= 4 is 11.8 Å². The molecular weight excluding hydrogens is 344 g/mol. The number of benzene rings is 2. The Balaban J connectivity index is 1.65. The third kappa shape index (κ3) is 4.14. The molecule has 3 N–H and O–H groups in total. The molecule has 3 rings (SSSR count). The van der Waals surface area contributed by atoms with E-state index in [4.69, 9.17) is 4.74 Å². The van der Waals surface area contributed by atoms with Gasteiger partial charge in [-0.2, -0.15) is 5.10 Å². The molecule has 7 nitrogen and oxygen atoms in total. The van der Waals surface area contributed by atoms with E-state index in [0.29, 0.717) is 11.3 Å². The molecule has 3 aromatic rings. The van der Waals surface area contributed by atoms with E-state index in [1.807, 2.05) is 50.2 Å². The number of nitrogens with zero attached hydrogens (tertiary/aromatic N) is 1. The second kappa shape index (κ2) is 7.74. The molecule has 0 radical (unpaired) electrons. The van der Waals surface area contributed by atoms with Crippen LogP contribution in [0.5, 0.6) is 5.75 Å². The molecule has 0 aliphatic rings. The number of carbonyl (C=O) groups is 2. The van der Waals surface area contributed by atoms with Gasteiger partial charge in [0.1, 0.15) is 11.4 Å². The number of aryl methyl sites for hydroxylation is 2. The Labute approximate surface area is 156 Å². The fourth-order valence-electron chi connectivity index (χ4n) is 2.58. The van der Waals surface area contributed by atoms with Crippen molar-refractivity contribution in [1.82, 2.24) is 21.0 Å². The summed E-state index contributed by atoms with van der Waals surface area (Å²) >= 11 is 0. The normalized spacial score (nSPS) is 10.3. The second-order valence-electron chi connectivity index (χ2n) is 6.12. The molecule has 0 bridgehead atoms. The van der Waals surface area contributed by atoms with Crippen LogP contribution in [0.4, 0.5) is 0 Å². The van der Waals surface area contributed by atoms with Gasteiger partial charge in [-0.25, -0.2) is 0 Å². The summed E-state index contributed by atoms with van der Waals surface area (Å²) in [5.74, 6) is -0.123. The van der Waals surface area contributed by atoms with E-state index >= 15 is 0 Å². The van der Waals surface area contributed by atoms with E-state index in [1.54, 1.807) is 19.2 Å². The van der Waals surface area contributed by atoms with Crippen LogP contribution < -0.4 is 15.6 Å². The number of aromatic amines is 1. The molecule has 2 amide bonds. The standard InChI is InChI=1S/C20H20N4O3/c1-12-4-5-13(2)16(10-12)19(25)23-24-20(26)18-11-17(21-22-18)14-6-8-15(27-3)9-7-14/h4-11H,1-3H3,(H,21,22)(H,23,25)(H,24,26). The Morgan fingerprint density at radius 2 is 1.67 bits per heavy atom. The van der Waals surface area contributed by atoms with Crippen LogP contribution in [0.1, 0.15) is 32.0 Å².